The van der Waals surface area contributed by atoms with Crippen LogP contribution in [0.3, 0.4) is 0 Å². The normalized spacial score (nSPS) is 13.4. The highest BCUT2D eigenvalue weighted by Crippen LogP contribution is 2.33. The van der Waals surface area contributed by atoms with Gasteiger partial charge in [0.2, 0.25) is 5.75 Å². The van der Waals surface area contributed by atoms with Crippen LogP contribution in [-0.4, -0.2) is 49.2 Å². The number of ether oxygens (including phenoxy) is 4. The van der Waals surface area contributed by atoms with E-state index in [9.17, 15) is 18.8 Å². The Labute approximate surface area is 203 Å². The van der Waals surface area contributed by atoms with Gasteiger partial charge < -0.3 is 24.3 Å². The molecule has 0 spiro atoms. The van der Waals surface area contributed by atoms with Crippen LogP contribution in [-0.2, 0) is 14.3 Å². The zero-order valence-corrected chi connectivity index (χ0v) is 20.9. The summed E-state index contributed by atoms with van der Waals surface area (Å²) in [5.41, 5.74) is 0.164. The standard InChI is InChI=1S/C25H31FN2O7/c1-13(2)21(18-9-8-17(32-6)12-19(18)26)15(4)34-25(31)14(3)28-24(30)22-23(35-16(5)29)20(33-7)10-11-27-22/h8-15,21H,1-7H3,(H,28,30)/t14-,15-,21+/m0/s1. The molecule has 1 N–H and O–H groups in total. The molecule has 0 aliphatic heterocycles. The van der Waals surface area contributed by atoms with Gasteiger partial charge in [0.25, 0.3) is 5.91 Å². The van der Waals surface area contributed by atoms with Crippen LogP contribution in [0.25, 0.3) is 0 Å². The van der Waals surface area contributed by atoms with E-state index in [0.29, 0.717) is 11.3 Å². The average Bonchev–Trinajstić information content (AvgIpc) is 2.79. The molecule has 0 aliphatic carbocycles. The van der Waals surface area contributed by atoms with Crippen molar-refractivity contribution in [2.24, 2.45) is 5.92 Å². The first-order valence-corrected chi connectivity index (χ1v) is 11.1. The highest BCUT2D eigenvalue weighted by Gasteiger charge is 2.31. The molecular weight excluding hydrogens is 459 g/mol. The van der Waals surface area contributed by atoms with E-state index in [1.165, 1.54) is 46.4 Å². The predicted molar refractivity (Wildman–Crippen MR) is 125 cm³/mol. The maximum absolute atomic E-state index is 14.7. The zero-order chi connectivity index (χ0) is 26.3. The van der Waals surface area contributed by atoms with Crippen LogP contribution in [0.1, 0.15) is 56.6 Å². The molecule has 9 nitrogen and oxygen atoms in total. The summed E-state index contributed by atoms with van der Waals surface area (Å²) >= 11 is 0. The monoisotopic (exact) mass is 490 g/mol. The summed E-state index contributed by atoms with van der Waals surface area (Å²) in [5, 5.41) is 2.49. The van der Waals surface area contributed by atoms with E-state index in [2.05, 4.69) is 10.3 Å². The van der Waals surface area contributed by atoms with Crippen molar-refractivity contribution in [2.75, 3.05) is 14.2 Å². The van der Waals surface area contributed by atoms with Gasteiger partial charge in [-0.25, -0.2) is 14.2 Å². The zero-order valence-electron chi connectivity index (χ0n) is 20.9. The first kappa shape index (κ1) is 27.6. The molecule has 0 radical (unpaired) electrons. The third kappa shape index (κ3) is 6.91. The second-order valence-corrected chi connectivity index (χ2v) is 8.28. The Balaban J connectivity index is 2.17. The molecule has 3 atom stereocenters. The number of pyridine rings is 1. The van der Waals surface area contributed by atoms with Crippen LogP contribution in [0.15, 0.2) is 30.5 Å². The van der Waals surface area contributed by atoms with Gasteiger partial charge in [0, 0.05) is 31.2 Å². The number of aromatic nitrogens is 1. The number of carbonyl (C=O) groups is 3. The summed E-state index contributed by atoms with van der Waals surface area (Å²) < 4.78 is 35.6. The van der Waals surface area contributed by atoms with Gasteiger partial charge in [-0.3, -0.25) is 9.59 Å². The Morgan fingerprint density at radius 2 is 1.71 bits per heavy atom. The Kier molecular flexibility index (Phi) is 9.56. The second-order valence-electron chi connectivity index (χ2n) is 8.28. The van der Waals surface area contributed by atoms with Crippen molar-refractivity contribution >= 4 is 17.8 Å². The van der Waals surface area contributed by atoms with Crippen molar-refractivity contribution in [1.29, 1.82) is 0 Å². The van der Waals surface area contributed by atoms with Crippen molar-refractivity contribution in [3.05, 3.63) is 47.5 Å². The minimum Gasteiger partial charge on any atom is -0.497 e. The molecular formula is C25H31FN2O7. The highest BCUT2D eigenvalue weighted by molar-refractivity contribution is 5.98. The molecule has 190 valence electrons. The third-order valence-electron chi connectivity index (χ3n) is 5.34. The lowest BCUT2D eigenvalue weighted by Gasteiger charge is -2.29. The molecule has 0 saturated carbocycles. The third-order valence-corrected chi connectivity index (χ3v) is 5.34. The molecule has 1 aromatic carbocycles. The lowest BCUT2D eigenvalue weighted by atomic mass is 9.84. The van der Waals surface area contributed by atoms with Crippen LogP contribution in [0.2, 0.25) is 0 Å². The molecule has 0 saturated heterocycles. The van der Waals surface area contributed by atoms with Crippen molar-refractivity contribution in [2.45, 2.75) is 52.7 Å². The minimum atomic E-state index is -1.07. The van der Waals surface area contributed by atoms with Crippen LogP contribution in [0.5, 0.6) is 17.2 Å². The van der Waals surface area contributed by atoms with Gasteiger partial charge in [0.15, 0.2) is 11.4 Å². The molecule has 0 aliphatic rings. The Hall–Kier alpha value is -3.69. The minimum absolute atomic E-state index is 0.0575. The van der Waals surface area contributed by atoms with Gasteiger partial charge in [-0.2, -0.15) is 0 Å². The molecule has 0 fully saturated rings. The number of hydrogen-bond donors (Lipinski definition) is 1. The molecule has 2 rings (SSSR count). The number of rotatable bonds is 10. The van der Waals surface area contributed by atoms with E-state index in [0.717, 1.165) is 0 Å². The van der Waals surface area contributed by atoms with Crippen molar-refractivity contribution in [3.8, 4) is 17.2 Å². The van der Waals surface area contributed by atoms with E-state index in [1.54, 1.807) is 19.1 Å². The van der Waals surface area contributed by atoms with Crippen molar-refractivity contribution in [1.82, 2.24) is 10.3 Å². The molecule has 35 heavy (non-hydrogen) atoms. The molecule has 2 aromatic rings. The smallest absolute Gasteiger partial charge is 0.328 e. The topological polar surface area (TPSA) is 113 Å². The fraction of sp³-hybridized carbons (Fsp3) is 0.440. The number of methoxy groups -OCH3 is 2. The summed E-state index contributed by atoms with van der Waals surface area (Å²) in [4.78, 5) is 41.0. The number of halogens is 1. The van der Waals surface area contributed by atoms with Gasteiger partial charge >= 0.3 is 11.9 Å². The van der Waals surface area contributed by atoms with E-state index in [-0.39, 0.29) is 23.1 Å². The summed E-state index contributed by atoms with van der Waals surface area (Å²) in [7, 11) is 2.80. The molecule has 10 heteroatoms. The maximum Gasteiger partial charge on any atom is 0.328 e. The van der Waals surface area contributed by atoms with Gasteiger partial charge in [-0.15, -0.1) is 0 Å². The van der Waals surface area contributed by atoms with Crippen LogP contribution in [0, 0.1) is 11.7 Å². The number of benzene rings is 1. The predicted octanol–water partition coefficient (Wildman–Crippen LogP) is 3.65. The molecule has 1 heterocycles. The Morgan fingerprint density at radius 3 is 2.26 bits per heavy atom. The van der Waals surface area contributed by atoms with Crippen LogP contribution in [0.4, 0.5) is 4.39 Å². The number of esters is 2. The molecule has 1 amide bonds. The summed E-state index contributed by atoms with van der Waals surface area (Å²) in [5.74, 6) is -2.77. The van der Waals surface area contributed by atoms with Crippen LogP contribution >= 0.6 is 0 Å². The molecule has 0 unspecified atom stereocenters. The quantitative estimate of drug-likeness (QED) is 0.502. The fourth-order valence-electron chi connectivity index (χ4n) is 3.74. The summed E-state index contributed by atoms with van der Waals surface area (Å²) in [6.07, 6.45) is 0.610. The summed E-state index contributed by atoms with van der Waals surface area (Å²) in [6.45, 7) is 8.08. The van der Waals surface area contributed by atoms with Crippen molar-refractivity contribution in [3.63, 3.8) is 0 Å². The number of hydrogen-bond acceptors (Lipinski definition) is 8. The van der Waals surface area contributed by atoms with E-state index in [1.807, 2.05) is 13.8 Å². The Morgan fingerprint density at radius 1 is 1.03 bits per heavy atom. The van der Waals surface area contributed by atoms with Gasteiger partial charge in [0.05, 0.1) is 14.2 Å². The second kappa shape index (κ2) is 12.1. The summed E-state index contributed by atoms with van der Waals surface area (Å²) in [6, 6.07) is 4.89. The Bertz CT molecular complexity index is 1070. The largest absolute Gasteiger partial charge is 0.497 e. The SMILES string of the molecule is COc1ccc([C@H](C(C)C)[C@H](C)OC(=O)[C@H](C)NC(=O)c2nccc(OC)c2OC(C)=O)c(F)c1. The first-order chi connectivity index (χ1) is 16.5. The molecule has 1 aromatic heterocycles. The van der Waals surface area contributed by atoms with Gasteiger partial charge in [-0.05, 0) is 31.4 Å². The van der Waals surface area contributed by atoms with E-state index < -0.39 is 41.7 Å². The maximum atomic E-state index is 14.7. The number of amides is 1. The van der Waals surface area contributed by atoms with E-state index in [4.69, 9.17) is 18.9 Å². The first-order valence-electron chi connectivity index (χ1n) is 11.1. The lowest BCUT2D eigenvalue weighted by Crippen LogP contribution is -2.42. The average molecular weight is 491 g/mol. The molecule has 0 bridgehead atoms. The van der Waals surface area contributed by atoms with Crippen molar-refractivity contribution < 1.29 is 37.7 Å². The van der Waals surface area contributed by atoms with Crippen LogP contribution < -0.4 is 19.5 Å². The highest BCUT2D eigenvalue weighted by atomic mass is 19.1. The number of nitrogens with one attached hydrogen (secondary N) is 1. The lowest BCUT2D eigenvalue weighted by molar-refractivity contribution is -0.151. The van der Waals surface area contributed by atoms with Gasteiger partial charge in [-0.1, -0.05) is 19.9 Å². The number of nitrogens with zero attached hydrogens (tertiary/aromatic N) is 1. The van der Waals surface area contributed by atoms with Gasteiger partial charge in [0.1, 0.15) is 23.7 Å². The fourth-order valence-corrected chi connectivity index (χ4v) is 3.74. The van der Waals surface area contributed by atoms with E-state index >= 15 is 0 Å². The number of carbonyl (C=O) groups excluding carboxylic acids is 3.